The number of aryl methyl sites for hydroxylation is 1. The van der Waals surface area contributed by atoms with Gasteiger partial charge in [-0.3, -0.25) is 0 Å². The predicted molar refractivity (Wildman–Crippen MR) is 72.9 cm³/mol. The highest BCUT2D eigenvalue weighted by molar-refractivity contribution is 7.12. The van der Waals surface area contributed by atoms with Crippen molar-refractivity contribution >= 4 is 11.3 Å². The van der Waals surface area contributed by atoms with Gasteiger partial charge in [-0.15, -0.1) is 11.3 Å². The summed E-state index contributed by atoms with van der Waals surface area (Å²) in [6.07, 6.45) is 8.28. The van der Waals surface area contributed by atoms with Gasteiger partial charge in [-0.1, -0.05) is 19.3 Å². The Labute approximate surface area is 108 Å². The maximum absolute atomic E-state index is 4.87. The second kappa shape index (κ2) is 5.07. The summed E-state index contributed by atoms with van der Waals surface area (Å²) in [4.78, 5) is 6.43. The van der Waals surface area contributed by atoms with Gasteiger partial charge in [0.2, 0.25) is 0 Å². The van der Waals surface area contributed by atoms with Gasteiger partial charge in [0.25, 0.3) is 0 Å². The lowest BCUT2D eigenvalue weighted by Crippen LogP contribution is -2.07. The van der Waals surface area contributed by atoms with E-state index in [1.165, 1.54) is 55.8 Å². The van der Waals surface area contributed by atoms with E-state index < -0.39 is 0 Å². The van der Waals surface area contributed by atoms with Crippen molar-refractivity contribution in [2.45, 2.75) is 57.3 Å². The summed E-state index contributed by atoms with van der Waals surface area (Å²) >= 11 is 2.01. The minimum Gasteiger partial charge on any atom is -0.316 e. The van der Waals surface area contributed by atoms with Gasteiger partial charge in [0, 0.05) is 23.3 Å². The van der Waals surface area contributed by atoms with E-state index in [2.05, 4.69) is 12.2 Å². The molecule has 1 aliphatic carbocycles. The summed E-state index contributed by atoms with van der Waals surface area (Å²) in [5.74, 6) is 1.51. The van der Waals surface area contributed by atoms with E-state index in [0.717, 1.165) is 18.4 Å². The van der Waals surface area contributed by atoms with Crippen molar-refractivity contribution in [2.75, 3.05) is 13.1 Å². The van der Waals surface area contributed by atoms with Crippen molar-refractivity contribution in [3.63, 3.8) is 0 Å². The van der Waals surface area contributed by atoms with Crippen LogP contribution < -0.4 is 5.32 Å². The van der Waals surface area contributed by atoms with Crippen LogP contribution in [0, 0.1) is 6.92 Å². The van der Waals surface area contributed by atoms with Gasteiger partial charge >= 0.3 is 0 Å². The van der Waals surface area contributed by atoms with Crippen LogP contribution >= 0.6 is 11.3 Å². The van der Waals surface area contributed by atoms with Crippen molar-refractivity contribution < 1.29 is 0 Å². The molecule has 3 rings (SSSR count). The molecule has 2 nitrogen and oxygen atoms in total. The van der Waals surface area contributed by atoms with Crippen LogP contribution in [-0.2, 0) is 0 Å². The van der Waals surface area contributed by atoms with E-state index >= 15 is 0 Å². The molecule has 1 atom stereocenters. The zero-order valence-electron chi connectivity index (χ0n) is 10.7. The Kier molecular flexibility index (Phi) is 3.48. The van der Waals surface area contributed by atoms with Crippen LogP contribution in [0.4, 0.5) is 0 Å². The van der Waals surface area contributed by atoms with E-state index in [1.807, 2.05) is 11.3 Å². The molecule has 94 valence electrons. The SMILES string of the molecule is Cc1nc(C2CCCCC2)sc1C1CCNC1. The molecule has 0 radical (unpaired) electrons. The monoisotopic (exact) mass is 250 g/mol. The molecule has 0 bridgehead atoms. The first-order chi connectivity index (χ1) is 8.34. The van der Waals surface area contributed by atoms with Crippen LogP contribution in [0.25, 0.3) is 0 Å². The molecule has 1 saturated carbocycles. The average molecular weight is 250 g/mol. The fourth-order valence-electron chi connectivity index (χ4n) is 3.21. The molecule has 0 aromatic carbocycles. The molecule has 1 aliphatic heterocycles. The molecule has 0 spiro atoms. The Morgan fingerprint density at radius 1 is 1.12 bits per heavy atom. The Balaban J connectivity index is 1.79. The Bertz CT molecular complexity index is 374. The molecule has 17 heavy (non-hydrogen) atoms. The fraction of sp³-hybridized carbons (Fsp3) is 0.786. The zero-order valence-corrected chi connectivity index (χ0v) is 11.5. The minimum absolute atomic E-state index is 0.741. The smallest absolute Gasteiger partial charge is 0.0961 e. The highest BCUT2D eigenvalue weighted by Crippen LogP contribution is 2.38. The largest absolute Gasteiger partial charge is 0.316 e. The van der Waals surface area contributed by atoms with E-state index in [-0.39, 0.29) is 0 Å². The third-order valence-corrected chi connectivity index (χ3v) is 5.72. The van der Waals surface area contributed by atoms with Crippen molar-refractivity contribution in [3.8, 4) is 0 Å². The molecule has 2 heterocycles. The van der Waals surface area contributed by atoms with Crippen LogP contribution in [0.1, 0.15) is 65.9 Å². The summed E-state index contributed by atoms with van der Waals surface area (Å²) in [5, 5.41) is 4.90. The Morgan fingerprint density at radius 2 is 1.94 bits per heavy atom. The molecule has 1 saturated heterocycles. The van der Waals surface area contributed by atoms with Crippen LogP contribution in [0.5, 0.6) is 0 Å². The minimum atomic E-state index is 0.741. The molecule has 1 aromatic rings. The number of nitrogens with zero attached hydrogens (tertiary/aromatic N) is 1. The van der Waals surface area contributed by atoms with Gasteiger partial charge in [0.05, 0.1) is 10.7 Å². The molecule has 3 heteroatoms. The van der Waals surface area contributed by atoms with E-state index in [9.17, 15) is 0 Å². The van der Waals surface area contributed by atoms with Crippen LogP contribution in [0.15, 0.2) is 0 Å². The summed E-state index contributed by atoms with van der Waals surface area (Å²) in [6, 6.07) is 0. The van der Waals surface area contributed by atoms with E-state index in [0.29, 0.717) is 0 Å². The third-order valence-electron chi connectivity index (χ3n) is 4.23. The maximum atomic E-state index is 4.87. The number of hydrogen-bond acceptors (Lipinski definition) is 3. The lowest BCUT2D eigenvalue weighted by atomic mass is 9.90. The standard InChI is InChI=1S/C14H22N2S/c1-10-13(12-7-8-15-9-12)17-14(16-10)11-5-3-2-4-6-11/h11-12,15H,2-9H2,1H3. The summed E-state index contributed by atoms with van der Waals surface area (Å²) in [5.41, 5.74) is 1.31. The van der Waals surface area contributed by atoms with Crippen LogP contribution in [0.2, 0.25) is 0 Å². The second-order valence-electron chi connectivity index (χ2n) is 5.53. The first-order valence-corrected chi connectivity index (χ1v) is 7.84. The number of thiazole rings is 1. The number of aromatic nitrogens is 1. The molecule has 2 fully saturated rings. The number of hydrogen-bond donors (Lipinski definition) is 1. The topological polar surface area (TPSA) is 24.9 Å². The van der Waals surface area contributed by atoms with Crippen molar-refractivity contribution in [3.05, 3.63) is 15.6 Å². The van der Waals surface area contributed by atoms with Gasteiger partial charge in [-0.25, -0.2) is 4.98 Å². The summed E-state index contributed by atoms with van der Waals surface area (Å²) < 4.78 is 0. The van der Waals surface area contributed by atoms with Crippen LogP contribution in [-0.4, -0.2) is 18.1 Å². The number of nitrogens with one attached hydrogen (secondary N) is 1. The fourth-order valence-corrected chi connectivity index (χ4v) is 4.58. The quantitative estimate of drug-likeness (QED) is 0.868. The average Bonchev–Trinajstić information content (AvgIpc) is 2.99. The van der Waals surface area contributed by atoms with Gasteiger partial charge < -0.3 is 5.32 Å². The van der Waals surface area contributed by atoms with Crippen LogP contribution in [0.3, 0.4) is 0 Å². The van der Waals surface area contributed by atoms with Gasteiger partial charge in [-0.2, -0.15) is 0 Å². The zero-order chi connectivity index (χ0) is 11.7. The van der Waals surface area contributed by atoms with Crippen molar-refractivity contribution in [2.24, 2.45) is 0 Å². The molecular weight excluding hydrogens is 228 g/mol. The number of rotatable bonds is 2. The lowest BCUT2D eigenvalue weighted by Gasteiger charge is -2.18. The predicted octanol–water partition coefficient (Wildman–Crippen LogP) is 3.58. The molecule has 0 amide bonds. The second-order valence-corrected chi connectivity index (χ2v) is 6.59. The van der Waals surface area contributed by atoms with Gasteiger partial charge in [0.1, 0.15) is 0 Å². The third kappa shape index (κ3) is 2.41. The summed E-state index contributed by atoms with van der Waals surface area (Å²) in [6.45, 7) is 4.55. The van der Waals surface area contributed by atoms with Crippen molar-refractivity contribution in [1.29, 1.82) is 0 Å². The molecule has 1 aromatic heterocycles. The molecular formula is C14H22N2S. The maximum Gasteiger partial charge on any atom is 0.0961 e. The van der Waals surface area contributed by atoms with Crippen molar-refractivity contribution in [1.82, 2.24) is 10.3 Å². The lowest BCUT2D eigenvalue weighted by molar-refractivity contribution is 0.442. The highest BCUT2D eigenvalue weighted by atomic mass is 32.1. The van der Waals surface area contributed by atoms with E-state index in [4.69, 9.17) is 4.98 Å². The highest BCUT2D eigenvalue weighted by Gasteiger charge is 2.25. The molecule has 1 unspecified atom stereocenters. The first-order valence-electron chi connectivity index (χ1n) is 7.02. The van der Waals surface area contributed by atoms with E-state index in [1.54, 1.807) is 4.88 Å². The first kappa shape index (κ1) is 11.7. The molecule has 2 aliphatic rings. The van der Waals surface area contributed by atoms with Gasteiger partial charge in [-0.05, 0) is 32.7 Å². The van der Waals surface area contributed by atoms with Gasteiger partial charge in [0.15, 0.2) is 0 Å². The Morgan fingerprint density at radius 3 is 2.65 bits per heavy atom. The summed E-state index contributed by atoms with van der Waals surface area (Å²) in [7, 11) is 0. The normalized spacial score (nSPS) is 26.5. The Hall–Kier alpha value is -0.410. The molecule has 1 N–H and O–H groups in total.